The number of nitrogens with one attached hydrogen (secondary N) is 1. The molecule has 1 aromatic carbocycles. The summed E-state index contributed by atoms with van der Waals surface area (Å²) in [6.07, 6.45) is 2.03. The predicted molar refractivity (Wildman–Crippen MR) is 70.4 cm³/mol. The smallest absolute Gasteiger partial charge is 0.124 e. The maximum absolute atomic E-state index is 6.05. The van der Waals surface area contributed by atoms with E-state index >= 15 is 0 Å². The molecule has 1 atom stereocenters. The van der Waals surface area contributed by atoms with Gasteiger partial charge in [-0.1, -0.05) is 29.3 Å². The number of hydrogen-bond acceptors (Lipinski definition) is 2. The minimum atomic E-state index is 0.00979. The van der Waals surface area contributed by atoms with Crippen molar-refractivity contribution < 1.29 is 0 Å². The fraction of sp³-hybridized carbons (Fsp3) is 0.417. The lowest BCUT2D eigenvalue weighted by molar-refractivity contribution is 0.610. The van der Waals surface area contributed by atoms with E-state index in [1.807, 2.05) is 6.07 Å². The van der Waals surface area contributed by atoms with Crippen LogP contribution in [0.2, 0.25) is 0 Å². The number of nitrogens with zero attached hydrogens (tertiary/aromatic N) is 1. The summed E-state index contributed by atoms with van der Waals surface area (Å²) in [4.78, 5) is 7.87. The number of rotatable bonds is 3. The lowest BCUT2D eigenvalue weighted by atomic mass is 10.2. The highest BCUT2D eigenvalue weighted by Crippen LogP contribution is 2.24. The molecule has 0 spiro atoms. The molecule has 0 aliphatic heterocycles. The molecule has 3 N–H and O–H groups in total. The van der Waals surface area contributed by atoms with Gasteiger partial charge in [0.2, 0.25) is 0 Å². The number of halogens is 1. The van der Waals surface area contributed by atoms with Crippen LogP contribution in [0.4, 0.5) is 0 Å². The Morgan fingerprint density at radius 2 is 2.25 bits per heavy atom. The molecule has 0 saturated heterocycles. The molecule has 0 aliphatic carbocycles. The third-order valence-corrected chi connectivity index (χ3v) is 3.17. The van der Waals surface area contributed by atoms with E-state index in [1.54, 1.807) is 0 Å². The number of aromatic amines is 1. The third-order valence-electron chi connectivity index (χ3n) is 2.71. The van der Waals surface area contributed by atoms with Gasteiger partial charge in [0.05, 0.1) is 17.1 Å². The van der Waals surface area contributed by atoms with Gasteiger partial charge in [-0.05, 0) is 31.0 Å². The molecular formula is C12H16BrN3. The molecule has 1 heterocycles. The van der Waals surface area contributed by atoms with Gasteiger partial charge in [0.25, 0.3) is 0 Å². The molecule has 16 heavy (non-hydrogen) atoms. The monoisotopic (exact) mass is 281 g/mol. The van der Waals surface area contributed by atoms with Crippen molar-refractivity contribution in [2.45, 2.75) is 32.7 Å². The number of benzene rings is 1. The van der Waals surface area contributed by atoms with Crippen LogP contribution in [0.1, 0.15) is 37.2 Å². The highest BCUT2D eigenvalue weighted by Gasteiger charge is 2.11. The molecule has 86 valence electrons. The van der Waals surface area contributed by atoms with Gasteiger partial charge in [0.15, 0.2) is 0 Å². The number of aryl methyl sites for hydroxylation is 1. The Bertz CT molecular complexity index is 504. The van der Waals surface area contributed by atoms with Crippen LogP contribution in [0, 0.1) is 6.92 Å². The van der Waals surface area contributed by atoms with Crippen LogP contribution >= 0.6 is 15.9 Å². The molecule has 0 amide bonds. The molecular weight excluding hydrogens is 266 g/mol. The summed E-state index contributed by atoms with van der Waals surface area (Å²) >= 11 is 3.48. The van der Waals surface area contributed by atoms with E-state index in [-0.39, 0.29) is 6.04 Å². The maximum Gasteiger partial charge on any atom is 0.124 e. The first-order valence-electron chi connectivity index (χ1n) is 5.53. The van der Waals surface area contributed by atoms with Gasteiger partial charge in [0, 0.05) is 4.47 Å². The van der Waals surface area contributed by atoms with Crippen LogP contribution in [-0.2, 0) is 0 Å². The van der Waals surface area contributed by atoms with Crippen molar-refractivity contribution in [1.82, 2.24) is 9.97 Å². The minimum Gasteiger partial charge on any atom is -0.341 e. The Kier molecular flexibility index (Phi) is 3.30. The van der Waals surface area contributed by atoms with Gasteiger partial charge in [-0.25, -0.2) is 4.98 Å². The fourth-order valence-corrected chi connectivity index (χ4v) is 2.46. The van der Waals surface area contributed by atoms with Gasteiger partial charge in [-0.2, -0.15) is 0 Å². The molecule has 0 aliphatic rings. The van der Waals surface area contributed by atoms with Crippen molar-refractivity contribution in [2.75, 3.05) is 0 Å². The standard InChI is InChI=1S/C12H16BrN3/c1-3-4-9(14)12-15-10-6-8(13)5-7(2)11(10)16-12/h5-6,9H,3-4,14H2,1-2H3,(H,15,16). The Labute approximate surface area is 104 Å². The van der Waals surface area contributed by atoms with Crippen LogP contribution in [0.3, 0.4) is 0 Å². The Balaban J connectivity index is 2.47. The highest BCUT2D eigenvalue weighted by molar-refractivity contribution is 9.10. The first kappa shape index (κ1) is 11.6. The zero-order chi connectivity index (χ0) is 11.7. The molecule has 0 saturated carbocycles. The summed E-state index contributed by atoms with van der Waals surface area (Å²) < 4.78 is 1.07. The molecule has 3 nitrogen and oxygen atoms in total. The van der Waals surface area contributed by atoms with Gasteiger partial charge < -0.3 is 10.7 Å². The Morgan fingerprint density at radius 3 is 2.94 bits per heavy atom. The summed E-state index contributed by atoms with van der Waals surface area (Å²) in [5.74, 6) is 0.887. The molecule has 0 radical (unpaired) electrons. The predicted octanol–water partition coefficient (Wildman–Crippen LogP) is 3.43. The maximum atomic E-state index is 6.05. The van der Waals surface area contributed by atoms with Crippen molar-refractivity contribution in [3.05, 3.63) is 28.0 Å². The lowest BCUT2D eigenvalue weighted by Crippen LogP contribution is -2.11. The van der Waals surface area contributed by atoms with E-state index < -0.39 is 0 Å². The molecule has 0 bridgehead atoms. The van der Waals surface area contributed by atoms with E-state index in [0.29, 0.717) is 0 Å². The van der Waals surface area contributed by atoms with Gasteiger partial charge >= 0.3 is 0 Å². The molecule has 1 unspecified atom stereocenters. The van der Waals surface area contributed by atoms with Gasteiger partial charge in [0.1, 0.15) is 5.82 Å². The highest BCUT2D eigenvalue weighted by atomic mass is 79.9. The third kappa shape index (κ3) is 2.13. The van der Waals surface area contributed by atoms with Gasteiger partial charge in [-0.15, -0.1) is 0 Å². The van der Waals surface area contributed by atoms with Crippen molar-refractivity contribution in [3.63, 3.8) is 0 Å². The average molecular weight is 282 g/mol. The molecule has 4 heteroatoms. The largest absolute Gasteiger partial charge is 0.341 e. The number of imidazole rings is 1. The average Bonchev–Trinajstić information content (AvgIpc) is 2.62. The summed E-state index contributed by atoms with van der Waals surface area (Å²) in [6.45, 7) is 4.19. The van der Waals surface area contributed by atoms with Crippen LogP contribution in [0.5, 0.6) is 0 Å². The number of nitrogens with two attached hydrogens (primary N) is 1. The van der Waals surface area contributed by atoms with Crippen LogP contribution < -0.4 is 5.73 Å². The van der Waals surface area contributed by atoms with E-state index in [0.717, 1.165) is 39.7 Å². The minimum absolute atomic E-state index is 0.00979. The van der Waals surface area contributed by atoms with Crippen molar-refractivity contribution in [1.29, 1.82) is 0 Å². The molecule has 2 aromatic rings. The van der Waals surface area contributed by atoms with Crippen molar-refractivity contribution in [3.8, 4) is 0 Å². The van der Waals surface area contributed by atoms with E-state index in [2.05, 4.69) is 45.8 Å². The number of H-pyrrole nitrogens is 1. The first-order chi connectivity index (χ1) is 7.61. The number of hydrogen-bond donors (Lipinski definition) is 2. The second kappa shape index (κ2) is 4.55. The van der Waals surface area contributed by atoms with E-state index in [1.165, 1.54) is 0 Å². The van der Waals surface area contributed by atoms with Crippen molar-refractivity contribution >= 4 is 27.0 Å². The molecule has 0 fully saturated rings. The lowest BCUT2D eigenvalue weighted by Gasteiger charge is -2.04. The van der Waals surface area contributed by atoms with E-state index in [9.17, 15) is 0 Å². The number of fused-ring (bicyclic) bond motifs is 1. The summed E-state index contributed by atoms with van der Waals surface area (Å²) in [5, 5.41) is 0. The quantitative estimate of drug-likeness (QED) is 0.906. The normalized spacial score (nSPS) is 13.2. The fourth-order valence-electron chi connectivity index (χ4n) is 1.89. The molecule has 2 rings (SSSR count). The summed E-state index contributed by atoms with van der Waals surface area (Å²) in [7, 11) is 0. The second-order valence-electron chi connectivity index (χ2n) is 4.14. The zero-order valence-corrected chi connectivity index (χ0v) is 11.1. The van der Waals surface area contributed by atoms with Gasteiger partial charge in [-0.3, -0.25) is 0 Å². The first-order valence-corrected chi connectivity index (χ1v) is 6.32. The summed E-state index contributed by atoms with van der Waals surface area (Å²) in [6, 6.07) is 4.12. The SMILES string of the molecule is CCCC(N)c1nc2c(C)cc(Br)cc2[nH]1. The zero-order valence-electron chi connectivity index (χ0n) is 9.55. The molecule has 1 aromatic heterocycles. The second-order valence-corrected chi connectivity index (χ2v) is 5.05. The Hall–Kier alpha value is -0.870. The van der Waals surface area contributed by atoms with Crippen LogP contribution in [-0.4, -0.2) is 9.97 Å². The topological polar surface area (TPSA) is 54.7 Å². The van der Waals surface area contributed by atoms with Crippen LogP contribution in [0.25, 0.3) is 11.0 Å². The summed E-state index contributed by atoms with van der Waals surface area (Å²) in [5.41, 5.74) is 9.28. The van der Waals surface area contributed by atoms with Crippen molar-refractivity contribution in [2.24, 2.45) is 5.73 Å². The van der Waals surface area contributed by atoms with Crippen LogP contribution in [0.15, 0.2) is 16.6 Å². The Morgan fingerprint density at radius 1 is 1.50 bits per heavy atom. The number of aromatic nitrogens is 2. The van der Waals surface area contributed by atoms with E-state index in [4.69, 9.17) is 5.73 Å².